The summed E-state index contributed by atoms with van der Waals surface area (Å²) in [5.74, 6) is 1.44. The molecule has 22 heavy (non-hydrogen) atoms. The van der Waals surface area contributed by atoms with Crippen molar-refractivity contribution < 1.29 is 4.74 Å². The van der Waals surface area contributed by atoms with Gasteiger partial charge in [-0.1, -0.05) is 42.0 Å². The number of allylic oxidation sites excluding steroid dienone is 1. The third-order valence-corrected chi connectivity index (χ3v) is 4.33. The molecule has 0 bridgehead atoms. The number of nitrogens with one attached hydrogen (secondary N) is 1. The molecule has 0 radical (unpaired) electrons. The molecule has 0 spiro atoms. The topological polar surface area (TPSA) is 21.3 Å². The van der Waals surface area contributed by atoms with Gasteiger partial charge in [0.25, 0.3) is 0 Å². The molecule has 0 aromatic heterocycles. The molecule has 2 nitrogen and oxygen atoms in total. The first kappa shape index (κ1) is 14.7. The number of anilines is 1. The van der Waals surface area contributed by atoms with E-state index in [1.807, 2.05) is 12.1 Å². The van der Waals surface area contributed by atoms with Gasteiger partial charge in [-0.25, -0.2) is 0 Å². The second-order valence-corrected chi connectivity index (χ2v) is 5.93. The van der Waals surface area contributed by atoms with Crippen LogP contribution in [-0.2, 0) is 0 Å². The molecular formula is C20H23NO. The van der Waals surface area contributed by atoms with Crippen LogP contribution in [0.1, 0.15) is 30.0 Å². The lowest BCUT2D eigenvalue weighted by molar-refractivity contribution is 0.414. The summed E-state index contributed by atoms with van der Waals surface area (Å²) in [5, 5.41) is 3.71. The maximum Gasteiger partial charge on any atom is 0.118 e. The molecular weight excluding hydrogens is 270 g/mol. The van der Waals surface area contributed by atoms with Crippen LogP contribution in [0.15, 0.2) is 60.7 Å². The van der Waals surface area contributed by atoms with Crippen LogP contribution in [0.25, 0.3) is 0 Å². The molecule has 2 heteroatoms. The molecule has 0 amide bonds. The molecule has 2 aromatic rings. The van der Waals surface area contributed by atoms with Crippen LogP contribution in [-0.4, -0.2) is 7.11 Å². The Morgan fingerprint density at radius 1 is 1.05 bits per heavy atom. The fraction of sp³-hybridized carbons (Fsp3) is 0.300. The van der Waals surface area contributed by atoms with Crippen molar-refractivity contribution in [3.8, 4) is 5.75 Å². The highest BCUT2D eigenvalue weighted by molar-refractivity contribution is 5.47. The van der Waals surface area contributed by atoms with Crippen molar-refractivity contribution in [3.05, 3.63) is 71.8 Å². The van der Waals surface area contributed by atoms with E-state index in [0.717, 1.165) is 5.75 Å². The molecule has 1 aliphatic rings. The van der Waals surface area contributed by atoms with E-state index < -0.39 is 0 Å². The van der Waals surface area contributed by atoms with Crippen molar-refractivity contribution in [2.24, 2.45) is 5.92 Å². The number of methoxy groups -OCH3 is 1. The van der Waals surface area contributed by atoms with E-state index >= 15 is 0 Å². The van der Waals surface area contributed by atoms with Crippen LogP contribution in [0.4, 0.5) is 5.69 Å². The molecule has 0 heterocycles. The van der Waals surface area contributed by atoms with E-state index in [4.69, 9.17) is 4.74 Å². The normalized spacial score (nSPS) is 18.2. The van der Waals surface area contributed by atoms with E-state index in [1.165, 1.54) is 29.7 Å². The highest BCUT2D eigenvalue weighted by atomic mass is 16.5. The zero-order valence-electron chi connectivity index (χ0n) is 13.3. The highest BCUT2D eigenvalue weighted by Gasteiger charge is 2.23. The smallest absolute Gasteiger partial charge is 0.118 e. The van der Waals surface area contributed by atoms with E-state index in [-0.39, 0.29) is 0 Å². The average molecular weight is 293 g/mol. The van der Waals surface area contributed by atoms with Gasteiger partial charge in [-0.15, -0.1) is 0 Å². The van der Waals surface area contributed by atoms with Gasteiger partial charge in [0.15, 0.2) is 0 Å². The SMILES string of the molecule is COc1ccc(C(Nc2ccc(C)cc2)C2C=CCC2)cc1. The number of hydrogen-bond acceptors (Lipinski definition) is 2. The summed E-state index contributed by atoms with van der Waals surface area (Å²) in [6.07, 6.45) is 7.01. The van der Waals surface area contributed by atoms with Crippen molar-refractivity contribution in [1.82, 2.24) is 0 Å². The third-order valence-electron chi connectivity index (χ3n) is 4.33. The maximum absolute atomic E-state index is 5.27. The minimum Gasteiger partial charge on any atom is -0.497 e. The molecule has 3 rings (SSSR count). The van der Waals surface area contributed by atoms with E-state index in [1.54, 1.807) is 7.11 Å². The quantitative estimate of drug-likeness (QED) is 0.772. The molecule has 0 saturated carbocycles. The standard InChI is InChI=1S/C20H23NO/c1-15-7-11-18(12-8-15)21-20(16-5-3-4-6-16)17-9-13-19(22-2)14-10-17/h3,5,7-14,16,20-21H,4,6H2,1-2H3. The van der Waals surface area contributed by atoms with E-state index in [0.29, 0.717) is 12.0 Å². The number of aryl methyl sites for hydroxylation is 1. The summed E-state index contributed by atoms with van der Waals surface area (Å²) in [4.78, 5) is 0. The predicted molar refractivity (Wildman–Crippen MR) is 92.4 cm³/mol. The Morgan fingerprint density at radius 2 is 1.77 bits per heavy atom. The third kappa shape index (κ3) is 3.33. The lowest BCUT2D eigenvalue weighted by Gasteiger charge is -2.26. The van der Waals surface area contributed by atoms with Crippen LogP contribution in [0, 0.1) is 12.8 Å². The van der Waals surface area contributed by atoms with Crippen molar-refractivity contribution in [1.29, 1.82) is 0 Å². The predicted octanol–water partition coefficient (Wildman–Crippen LogP) is 5.12. The van der Waals surface area contributed by atoms with Gasteiger partial charge in [0.05, 0.1) is 13.2 Å². The first-order chi connectivity index (χ1) is 10.8. The van der Waals surface area contributed by atoms with E-state index in [2.05, 4.69) is 60.8 Å². The highest BCUT2D eigenvalue weighted by Crippen LogP contribution is 2.34. The Bertz CT molecular complexity index is 628. The Kier molecular flexibility index (Phi) is 4.47. The second kappa shape index (κ2) is 6.69. The van der Waals surface area contributed by atoms with Gasteiger partial charge in [0.1, 0.15) is 5.75 Å². The van der Waals surface area contributed by atoms with Crippen molar-refractivity contribution in [2.75, 3.05) is 12.4 Å². The summed E-state index contributed by atoms with van der Waals surface area (Å²) < 4.78 is 5.27. The number of benzene rings is 2. The van der Waals surface area contributed by atoms with Gasteiger partial charge in [0, 0.05) is 11.6 Å². The van der Waals surface area contributed by atoms with Crippen LogP contribution in [0.5, 0.6) is 5.75 Å². The number of rotatable bonds is 5. The first-order valence-corrected chi connectivity index (χ1v) is 7.90. The fourth-order valence-electron chi connectivity index (χ4n) is 3.01. The molecule has 0 aliphatic heterocycles. The zero-order chi connectivity index (χ0) is 15.4. The van der Waals surface area contributed by atoms with Gasteiger partial charge in [-0.3, -0.25) is 0 Å². The minimum atomic E-state index is 0.298. The Hall–Kier alpha value is -2.22. The zero-order valence-corrected chi connectivity index (χ0v) is 13.3. The molecule has 0 fully saturated rings. The summed E-state index contributed by atoms with van der Waals surface area (Å²) in [6.45, 7) is 2.12. The molecule has 0 saturated heterocycles. The fourth-order valence-corrected chi connectivity index (χ4v) is 3.01. The van der Waals surface area contributed by atoms with Crippen LogP contribution >= 0.6 is 0 Å². The van der Waals surface area contributed by atoms with Crippen LogP contribution in [0.2, 0.25) is 0 Å². The summed E-state index contributed by atoms with van der Waals surface area (Å²) in [6, 6.07) is 17.3. The van der Waals surface area contributed by atoms with Crippen molar-refractivity contribution >= 4 is 5.69 Å². The Morgan fingerprint density at radius 3 is 2.36 bits per heavy atom. The van der Waals surface area contributed by atoms with Gasteiger partial charge in [-0.05, 0) is 49.6 Å². The monoisotopic (exact) mass is 293 g/mol. The molecule has 2 aromatic carbocycles. The number of ether oxygens (including phenoxy) is 1. The van der Waals surface area contributed by atoms with Crippen molar-refractivity contribution in [3.63, 3.8) is 0 Å². The number of hydrogen-bond donors (Lipinski definition) is 1. The maximum atomic E-state index is 5.27. The summed E-state index contributed by atoms with van der Waals surface area (Å²) >= 11 is 0. The average Bonchev–Trinajstić information content (AvgIpc) is 3.09. The van der Waals surface area contributed by atoms with Gasteiger partial charge in [-0.2, -0.15) is 0 Å². The van der Waals surface area contributed by atoms with E-state index in [9.17, 15) is 0 Å². The molecule has 1 aliphatic carbocycles. The summed E-state index contributed by atoms with van der Waals surface area (Å²) in [7, 11) is 1.71. The molecule has 1 N–H and O–H groups in total. The van der Waals surface area contributed by atoms with Gasteiger partial charge >= 0.3 is 0 Å². The Labute approximate surface area is 132 Å². The van der Waals surface area contributed by atoms with Gasteiger partial charge in [0.2, 0.25) is 0 Å². The van der Waals surface area contributed by atoms with Crippen LogP contribution < -0.4 is 10.1 Å². The lowest BCUT2D eigenvalue weighted by atomic mass is 9.92. The minimum absolute atomic E-state index is 0.298. The first-order valence-electron chi connectivity index (χ1n) is 7.90. The molecule has 2 atom stereocenters. The van der Waals surface area contributed by atoms with Gasteiger partial charge < -0.3 is 10.1 Å². The largest absolute Gasteiger partial charge is 0.497 e. The molecule has 114 valence electrons. The second-order valence-electron chi connectivity index (χ2n) is 5.93. The molecule has 2 unspecified atom stereocenters. The lowest BCUT2D eigenvalue weighted by Crippen LogP contribution is -2.18. The summed E-state index contributed by atoms with van der Waals surface area (Å²) in [5.41, 5.74) is 3.76. The van der Waals surface area contributed by atoms with Crippen LogP contribution in [0.3, 0.4) is 0 Å². The Balaban J connectivity index is 1.85. The van der Waals surface area contributed by atoms with Crippen molar-refractivity contribution in [2.45, 2.75) is 25.8 Å².